The zero-order valence-electron chi connectivity index (χ0n) is 14.1. The Morgan fingerprint density at radius 2 is 1.62 bits per heavy atom. The van der Waals surface area contributed by atoms with Gasteiger partial charge in [0, 0.05) is 22.2 Å². The number of hydrogen-bond donors (Lipinski definition) is 1. The molecule has 1 aromatic heterocycles. The number of ether oxygens (including phenoxy) is 2. The Morgan fingerprint density at radius 1 is 1.00 bits per heavy atom. The molecule has 136 valence electrons. The van der Waals surface area contributed by atoms with E-state index in [1.807, 2.05) is 6.92 Å². The highest BCUT2D eigenvalue weighted by Crippen LogP contribution is 2.28. The fourth-order valence-corrected chi connectivity index (χ4v) is 2.68. The van der Waals surface area contributed by atoms with Crippen molar-refractivity contribution in [3.8, 4) is 17.2 Å². The first-order chi connectivity index (χ1) is 12.3. The molecule has 0 radical (unpaired) electrons. The molecule has 1 N–H and O–H groups in total. The van der Waals surface area contributed by atoms with Crippen LogP contribution in [0.3, 0.4) is 0 Å². The first-order valence-corrected chi connectivity index (χ1v) is 7.96. The van der Waals surface area contributed by atoms with Gasteiger partial charge in [-0.15, -0.1) is 13.2 Å². The van der Waals surface area contributed by atoms with E-state index in [-0.39, 0.29) is 11.2 Å². The minimum Gasteiger partial charge on any atom is -0.457 e. The van der Waals surface area contributed by atoms with Crippen LogP contribution in [0.25, 0.3) is 10.9 Å². The van der Waals surface area contributed by atoms with Gasteiger partial charge >= 0.3 is 6.36 Å². The number of rotatable bonds is 4. The van der Waals surface area contributed by atoms with Crippen LogP contribution in [0.2, 0.25) is 0 Å². The average molecular weight is 363 g/mol. The number of hydrogen-bond acceptors (Lipinski definition) is 3. The van der Waals surface area contributed by atoms with Crippen LogP contribution in [0.5, 0.6) is 17.2 Å². The summed E-state index contributed by atoms with van der Waals surface area (Å²) in [6.07, 6.45) is -4.02. The lowest BCUT2D eigenvalue weighted by molar-refractivity contribution is -0.274. The number of fused-ring (bicyclic) bond motifs is 1. The molecular formula is C19H16F3NO3. The Bertz CT molecular complexity index is 992. The summed E-state index contributed by atoms with van der Waals surface area (Å²) < 4.78 is 46.0. The molecule has 0 aliphatic carbocycles. The molecule has 0 fully saturated rings. The van der Waals surface area contributed by atoms with Gasteiger partial charge in [0.1, 0.15) is 17.2 Å². The van der Waals surface area contributed by atoms with Crippen molar-refractivity contribution in [2.75, 3.05) is 0 Å². The van der Waals surface area contributed by atoms with E-state index in [4.69, 9.17) is 4.74 Å². The second-order valence-corrected chi connectivity index (χ2v) is 5.74. The summed E-state index contributed by atoms with van der Waals surface area (Å²) in [5.74, 6) is 0.413. The number of alkyl halides is 3. The number of pyridine rings is 1. The molecule has 0 aliphatic rings. The highest BCUT2D eigenvalue weighted by molar-refractivity contribution is 5.81. The van der Waals surface area contributed by atoms with Crippen molar-refractivity contribution < 1.29 is 22.6 Å². The van der Waals surface area contributed by atoms with Gasteiger partial charge in [0.05, 0.1) is 0 Å². The van der Waals surface area contributed by atoms with Gasteiger partial charge in [-0.2, -0.15) is 0 Å². The van der Waals surface area contributed by atoms with Crippen molar-refractivity contribution in [1.29, 1.82) is 0 Å². The van der Waals surface area contributed by atoms with E-state index in [9.17, 15) is 18.0 Å². The minimum atomic E-state index is -4.74. The molecule has 3 aromatic rings. The van der Waals surface area contributed by atoms with Gasteiger partial charge in [-0.3, -0.25) is 4.79 Å². The number of halogens is 3. The smallest absolute Gasteiger partial charge is 0.457 e. The van der Waals surface area contributed by atoms with E-state index in [2.05, 4.69) is 9.72 Å². The Balaban J connectivity index is 1.87. The van der Waals surface area contributed by atoms with Crippen LogP contribution in [0.15, 0.2) is 47.3 Å². The normalized spacial score (nSPS) is 11.6. The summed E-state index contributed by atoms with van der Waals surface area (Å²) in [5.41, 5.74) is 2.18. The number of aromatic nitrogens is 1. The van der Waals surface area contributed by atoms with E-state index >= 15 is 0 Å². The fraction of sp³-hybridized carbons (Fsp3) is 0.211. The van der Waals surface area contributed by atoms with Crippen LogP contribution in [-0.4, -0.2) is 11.3 Å². The van der Waals surface area contributed by atoms with E-state index in [0.717, 1.165) is 24.2 Å². The van der Waals surface area contributed by atoms with Gasteiger partial charge in [-0.25, -0.2) is 0 Å². The average Bonchev–Trinajstić information content (AvgIpc) is 2.59. The van der Waals surface area contributed by atoms with Crippen LogP contribution in [0.4, 0.5) is 13.2 Å². The van der Waals surface area contributed by atoms with Crippen LogP contribution in [0.1, 0.15) is 18.2 Å². The van der Waals surface area contributed by atoms with E-state index in [1.54, 1.807) is 25.1 Å². The Morgan fingerprint density at radius 3 is 2.23 bits per heavy atom. The quantitative estimate of drug-likeness (QED) is 0.702. The third-order valence-electron chi connectivity index (χ3n) is 3.96. The van der Waals surface area contributed by atoms with Crippen molar-refractivity contribution in [3.05, 3.63) is 63.9 Å². The largest absolute Gasteiger partial charge is 0.573 e. The minimum absolute atomic E-state index is 0.0741. The molecule has 0 saturated heterocycles. The zero-order valence-corrected chi connectivity index (χ0v) is 14.1. The molecular weight excluding hydrogens is 347 g/mol. The molecule has 0 bridgehead atoms. The molecule has 0 spiro atoms. The zero-order chi connectivity index (χ0) is 18.9. The first kappa shape index (κ1) is 17.8. The molecule has 0 unspecified atom stereocenters. The van der Waals surface area contributed by atoms with E-state index in [1.165, 1.54) is 12.1 Å². The van der Waals surface area contributed by atoms with Crippen molar-refractivity contribution in [1.82, 2.24) is 4.98 Å². The lowest BCUT2D eigenvalue weighted by Crippen LogP contribution is -2.16. The molecule has 7 heteroatoms. The molecule has 2 aromatic carbocycles. The maximum absolute atomic E-state index is 12.5. The van der Waals surface area contributed by atoms with Crippen LogP contribution in [-0.2, 0) is 6.42 Å². The van der Waals surface area contributed by atoms with Gasteiger partial charge in [-0.1, -0.05) is 6.92 Å². The van der Waals surface area contributed by atoms with E-state index in [0.29, 0.717) is 28.0 Å². The first-order valence-electron chi connectivity index (χ1n) is 7.96. The highest BCUT2D eigenvalue weighted by Gasteiger charge is 2.30. The number of aryl methyl sites for hydroxylation is 1. The molecule has 0 atom stereocenters. The van der Waals surface area contributed by atoms with Crippen LogP contribution in [0, 0.1) is 6.92 Å². The van der Waals surface area contributed by atoms with Gasteiger partial charge in [0.15, 0.2) is 5.43 Å². The van der Waals surface area contributed by atoms with Crippen molar-refractivity contribution in [3.63, 3.8) is 0 Å². The molecule has 0 saturated carbocycles. The van der Waals surface area contributed by atoms with Crippen molar-refractivity contribution in [2.45, 2.75) is 26.6 Å². The summed E-state index contributed by atoms with van der Waals surface area (Å²) in [6.45, 7) is 3.73. The summed E-state index contributed by atoms with van der Waals surface area (Å²) >= 11 is 0. The molecule has 1 heterocycles. The number of nitrogens with one attached hydrogen (secondary N) is 1. The predicted octanol–water partition coefficient (Wildman–Crippen LogP) is 5.09. The van der Waals surface area contributed by atoms with Gasteiger partial charge in [-0.05, 0) is 55.8 Å². The molecule has 4 nitrogen and oxygen atoms in total. The number of aromatic amines is 1. The lowest BCUT2D eigenvalue weighted by Gasteiger charge is -2.11. The van der Waals surface area contributed by atoms with Crippen molar-refractivity contribution in [2.24, 2.45) is 0 Å². The predicted molar refractivity (Wildman–Crippen MR) is 91.9 cm³/mol. The summed E-state index contributed by atoms with van der Waals surface area (Å²) in [4.78, 5) is 15.7. The number of H-pyrrole nitrogens is 1. The fourth-order valence-electron chi connectivity index (χ4n) is 2.68. The molecule has 3 rings (SSSR count). The Hall–Kier alpha value is -2.96. The topological polar surface area (TPSA) is 51.3 Å². The molecule has 0 amide bonds. The summed E-state index contributed by atoms with van der Waals surface area (Å²) in [6, 6.07) is 10.1. The van der Waals surface area contributed by atoms with Crippen LogP contribution < -0.4 is 14.9 Å². The van der Waals surface area contributed by atoms with Crippen molar-refractivity contribution >= 4 is 10.9 Å². The maximum Gasteiger partial charge on any atom is 0.573 e. The maximum atomic E-state index is 12.5. The Labute approximate surface area is 147 Å². The number of benzene rings is 2. The van der Waals surface area contributed by atoms with E-state index < -0.39 is 6.36 Å². The van der Waals surface area contributed by atoms with Gasteiger partial charge in [0.2, 0.25) is 0 Å². The summed E-state index contributed by atoms with van der Waals surface area (Å²) in [5, 5.41) is 0.495. The third kappa shape index (κ3) is 3.82. The Kier molecular flexibility index (Phi) is 4.63. The van der Waals surface area contributed by atoms with Crippen LogP contribution >= 0.6 is 0 Å². The lowest BCUT2D eigenvalue weighted by atomic mass is 10.1. The molecule has 0 aliphatic heterocycles. The SMILES string of the molecule is CCc1[nH]c2ccc(Oc3ccc(OC(F)(F)F)cc3)cc2c(=O)c1C. The molecule has 26 heavy (non-hydrogen) atoms. The standard InChI is InChI=1S/C19H16F3NO3/c1-3-16-11(2)18(24)15-10-14(8-9-17(15)23-16)25-12-4-6-13(7-5-12)26-19(20,21)22/h4-10H,3H2,1-2H3,(H,23,24). The van der Waals surface area contributed by atoms with Gasteiger partial charge in [0.25, 0.3) is 0 Å². The second kappa shape index (κ2) is 6.74. The monoisotopic (exact) mass is 363 g/mol. The summed E-state index contributed by atoms with van der Waals surface area (Å²) in [7, 11) is 0. The third-order valence-corrected chi connectivity index (χ3v) is 3.96. The highest BCUT2D eigenvalue weighted by atomic mass is 19.4. The van der Waals surface area contributed by atoms with Gasteiger partial charge < -0.3 is 14.5 Å². The second-order valence-electron chi connectivity index (χ2n) is 5.74.